The van der Waals surface area contributed by atoms with E-state index < -0.39 is 0 Å². The molecule has 154 valence electrons. The fourth-order valence-electron chi connectivity index (χ4n) is 3.50. The van der Waals surface area contributed by atoms with Crippen molar-refractivity contribution in [1.82, 2.24) is 20.1 Å². The van der Waals surface area contributed by atoms with E-state index in [-0.39, 0.29) is 5.91 Å². The molecule has 1 aliphatic rings. The van der Waals surface area contributed by atoms with Crippen LogP contribution in [0.4, 0.5) is 17.3 Å². The molecule has 0 unspecified atom stereocenters. The zero-order valence-electron chi connectivity index (χ0n) is 17.1. The lowest BCUT2D eigenvalue weighted by Gasteiger charge is -2.15. The van der Waals surface area contributed by atoms with E-state index in [1.54, 1.807) is 16.8 Å². The molecule has 3 aromatic rings. The zero-order chi connectivity index (χ0) is 21.3. The first-order valence-electron chi connectivity index (χ1n) is 10.0. The molecule has 5 N–H and O–H groups in total. The van der Waals surface area contributed by atoms with Crippen LogP contribution in [0, 0.1) is 5.41 Å². The van der Waals surface area contributed by atoms with Crippen LogP contribution in [-0.2, 0) is 7.05 Å². The molecule has 8 heteroatoms. The Balaban J connectivity index is 1.61. The van der Waals surface area contributed by atoms with Gasteiger partial charge in [-0.15, -0.1) is 5.10 Å². The lowest BCUT2D eigenvalue weighted by atomic mass is 10.00. The summed E-state index contributed by atoms with van der Waals surface area (Å²) in [5.41, 5.74) is 10.9. The van der Waals surface area contributed by atoms with E-state index in [2.05, 4.69) is 20.7 Å². The summed E-state index contributed by atoms with van der Waals surface area (Å²) >= 11 is 0. The number of benzene rings is 2. The van der Waals surface area contributed by atoms with Crippen molar-refractivity contribution in [3.8, 4) is 11.4 Å². The second kappa shape index (κ2) is 7.98. The molecular formula is C22H25N7O. The minimum absolute atomic E-state index is 0.0988. The smallest absolute Gasteiger partial charge is 0.251 e. The maximum atomic E-state index is 11.9. The number of hydrogen-bond donors (Lipinski definition) is 4. The normalized spacial score (nSPS) is 13.1. The van der Waals surface area contributed by atoms with Gasteiger partial charge in [-0.2, -0.15) is 4.98 Å². The third-order valence-corrected chi connectivity index (χ3v) is 5.20. The highest BCUT2D eigenvalue weighted by Gasteiger charge is 2.29. The summed E-state index contributed by atoms with van der Waals surface area (Å²) in [6.07, 6.45) is 3.52. The number of nitrogens with zero attached hydrogens (tertiary/aromatic N) is 3. The summed E-state index contributed by atoms with van der Waals surface area (Å²) in [6, 6.07) is 11.0. The number of aromatic nitrogens is 3. The standard InChI is InChI=1S/C22H25N7O/c1-3-25-21(30)15-8-6-14(7-9-15)20-27-22(29(2)28-20)26-18-11-10-17(24)16(12-23)19(18)13-4-5-13/h6-13,23H,3-5,24H2,1-2H3,(H,25,30)(H,26,27,28). The monoisotopic (exact) mass is 403 g/mol. The fraction of sp³-hybridized carbons (Fsp3) is 0.273. The summed E-state index contributed by atoms with van der Waals surface area (Å²) in [5, 5.41) is 18.4. The minimum Gasteiger partial charge on any atom is -0.398 e. The van der Waals surface area contributed by atoms with Crippen molar-refractivity contribution in [1.29, 1.82) is 5.41 Å². The predicted molar refractivity (Wildman–Crippen MR) is 118 cm³/mol. The molecule has 0 bridgehead atoms. The molecule has 0 spiro atoms. The highest BCUT2D eigenvalue weighted by atomic mass is 16.1. The summed E-state index contributed by atoms with van der Waals surface area (Å²) < 4.78 is 1.68. The predicted octanol–water partition coefficient (Wildman–Crippen LogP) is 3.43. The molecule has 1 fully saturated rings. The summed E-state index contributed by atoms with van der Waals surface area (Å²) in [6.45, 7) is 2.48. The summed E-state index contributed by atoms with van der Waals surface area (Å²) in [4.78, 5) is 16.6. The number of carbonyl (C=O) groups excluding carboxylic acids is 1. The lowest BCUT2D eigenvalue weighted by Crippen LogP contribution is -2.22. The molecule has 30 heavy (non-hydrogen) atoms. The van der Waals surface area contributed by atoms with E-state index in [1.165, 1.54) is 6.21 Å². The fourth-order valence-corrected chi connectivity index (χ4v) is 3.50. The first kappa shape index (κ1) is 19.6. The Morgan fingerprint density at radius 3 is 2.63 bits per heavy atom. The molecule has 0 saturated heterocycles. The Hall–Kier alpha value is -3.68. The van der Waals surface area contributed by atoms with Gasteiger partial charge in [-0.1, -0.05) is 12.1 Å². The highest BCUT2D eigenvalue weighted by molar-refractivity contribution is 5.94. The molecular weight excluding hydrogens is 378 g/mol. The van der Waals surface area contributed by atoms with Crippen molar-refractivity contribution in [2.24, 2.45) is 7.05 Å². The lowest BCUT2D eigenvalue weighted by molar-refractivity contribution is 0.0956. The second-order valence-corrected chi connectivity index (χ2v) is 7.39. The van der Waals surface area contributed by atoms with Gasteiger partial charge in [-0.3, -0.25) is 4.79 Å². The minimum atomic E-state index is -0.0988. The van der Waals surface area contributed by atoms with Gasteiger partial charge in [0.1, 0.15) is 0 Å². The van der Waals surface area contributed by atoms with E-state index in [1.807, 2.05) is 38.2 Å². The van der Waals surface area contributed by atoms with Crippen molar-refractivity contribution in [2.75, 3.05) is 17.6 Å². The van der Waals surface area contributed by atoms with Crippen LogP contribution >= 0.6 is 0 Å². The van der Waals surface area contributed by atoms with Crippen molar-refractivity contribution in [3.63, 3.8) is 0 Å². The Morgan fingerprint density at radius 2 is 2.00 bits per heavy atom. The molecule has 1 aliphatic carbocycles. The number of anilines is 3. The van der Waals surface area contributed by atoms with Crippen LogP contribution in [0.25, 0.3) is 11.4 Å². The molecule has 1 amide bonds. The van der Waals surface area contributed by atoms with Gasteiger partial charge in [-0.25, -0.2) is 4.68 Å². The number of aryl methyl sites for hydroxylation is 1. The average Bonchev–Trinajstić information content (AvgIpc) is 3.52. The van der Waals surface area contributed by atoms with Crippen LogP contribution < -0.4 is 16.4 Å². The molecule has 4 rings (SSSR count). The maximum Gasteiger partial charge on any atom is 0.251 e. The van der Waals surface area contributed by atoms with Gasteiger partial charge in [0.25, 0.3) is 5.91 Å². The van der Waals surface area contributed by atoms with Crippen molar-refractivity contribution in [2.45, 2.75) is 25.7 Å². The van der Waals surface area contributed by atoms with Gasteiger partial charge in [0.15, 0.2) is 5.82 Å². The Kier molecular flexibility index (Phi) is 5.22. The van der Waals surface area contributed by atoms with Crippen molar-refractivity contribution >= 4 is 29.4 Å². The van der Waals surface area contributed by atoms with Crippen LogP contribution in [0.2, 0.25) is 0 Å². The van der Waals surface area contributed by atoms with Crippen LogP contribution in [0.15, 0.2) is 36.4 Å². The maximum absolute atomic E-state index is 11.9. The highest BCUT2D eigenvalue weighted by Crippen LogP contribution is 2.46. The van der Waals surface area contributed by atoms with E-state index in [9.17, 15) is 4.79 Å². The van der Waals surface area contributed by atoms with Crippen molar-refractivity contribution in [3.05, 3.63) is 53.1 Å². The Morgan fingerprint density at radius 1 is 1.27 bits per heavy atom. The number of hydrogen-bond acceptors (Lipinski definition) is 6. The van der Waals surface area contributed by atoms with E-state index in [0.29, 0.717) is 35.5 Å². The molecule has 8 nitrogen and oxygen atoms in total. The Bertz CT molecular complexity index is 1100. The first-order chi connectivity index (χ1) is 14.5. The van der Waals surface area contributed by atoms with Gasteiger partial charge in [-0.05, 0) is 55.5 Å². The number of nitrogen functional groups attached to an aromatic ring is 1. The molecule has 0 radical (unpaired) electrons. The topological polar surface area (TPSA) is 122 Å². The zero-order valence-corrected chi connectivity index (χ0v) is 17.1. The van der Waals surface area contributed by atoms with E-state index >= 15 is 0 Å². The van der Waals surface area contributed by atoms with Gasteiger partial charge in [0, 0.05) is 47.9 Å². The van der Waals surface area contributed by atoms with Gasteiger partial charge >= 0.3 is 0 Å². The summed E-state index contributed by atoms with van der Waals surface area (Å²) in [5.74, 6) is 1.49. The van der Waals surface area contributed by atoms with Crippen LogP contribution in [0.1, 0.15) is 47.2 Å². The van der Waals surface area contributed by atoms with Gasteiger partial charge in [0.2, 0.25) is 5.95 Å². The first-order valence-corrected chi connectivity index (χ1v) is 10.0. The molecule has 2 aromatic carbocycles. The Labute approximate surface area is 175 Å². The quantitative estimate of drug-likeness (QED) is 0.356. The van der Waals surface area contributed by atoms with E-state index in [4.69, 9.17) is 11.1 Å². The third-order valence-electron chi connectivity index (χ3n) is 5.20. The molecule has 0 aliphatic heterocycles. The average molecular weight is 403 g/mol. The van der Waals surface area contributed by atoms with Crippen LogP contribution in [0.3, 0.4) is 0 Å². The summed E-state index contributed by atoms with van der Waals surface area (Å²) in [7, 11) is 1.83. The SMILES string of the molecule is CCNC(=O)c1ccc(-c2nc(Nc3ccc(N)c(C=N)c3C3CC3)n(C)n2)cc1. The van der Waals surface area contributed by atoms with Crippen LogP contribution in [0.5, 0.6) is 0 Å². The van der Waals surface area contributed by atoms with Crippen LogP contribution in [-0.4, -0.2) is 33.4 Å². The number of rotatable bonds is 7. The van der Waals surface area contributed by atoms with E-state index in [0.717, 1.165) is 35.2 Å². The number of nitrogens with one attached hydrogen (secondary N) is 3. The molecule has 1 aromatic heterocycles. The number of amides is 1. The molecule has 1 heterocycles. The van der Waals surface area contributed by atoms with Gasteiger partial charge < -0.3 is 21.8 Å². The number of nitrogens with two attached hydrogens (primary N) is 1. The molecule has 1 saturated carbocycles. The van der Waals surface area contributed by atoms with Crippen molar-refractivity contribution < 1.29 is 4.79 Å². The molecule has 0 atom stereocenters. The largest absolute Gasteiger partial charge is 0.398 e. The van der Waals surface area contributed by atoms with Gasteiger partial charge in [0.05, 0.1) is 0 Å². The second-order valence-electron chi connectivity index (χ2n) is 7.39. The third kappa shape index (κ3) is 3.76. The number of carbonyl (C=O) groups is 1.